The third kappa shape index (κ3) is 91.8. The van der Waals surface area contributed by atoms with Gasteiger partial charge >= 0.3 is 0 Å². The average molecular weight is 1850 g/mol. The number of aryl methyl sites for hydroxylation is 3. The Morgan fingerprint density at radius 1 is 0.353 bits per heavy atom. The first-order chi connectivity index (χ1) is 61.0. The number of hydrogen-bond acceptors (Lipinski definition) is 13. The van der Waals surface area contributed by atoms with Gasteiger partial charge in [0.25, 0.3) is 0 Å². The number of hydrogen-bond donors (Lipinski definition) is 4. The molecule has 0 radical (unpaired) electrons. The Morgan fingerprint density at radius 2 is 0.571 bits per heavy atom. The van der Waals surface area contributed by atoms with Crippen molar-refractivity contribution in [1.82, 2.24) is 34.9 Å². The van der Waals surface area contributed by atoms with Crippen molar-refractivity contribution < 1.29 is 9.90 Å². The molecule has 0 saturated carbocycles. The number of nitrogens with two attached hydrogens (primary N) is 1. The highest BCUT2D eigenvalue weighted by Crippen LogP contribution is 2.24. The molecule has 1 amide bonds. The highest BCUT2D eigenvalue weighted by atomic mass is 16.2. The Balaban J connectivity index is -0.0000000666. The second kappa shape index (κ2) is 122. The van der Waals surface area contributed by atoms with Gasteiger partial charge in [0.2, 0.25) is 5.91 Å². The molecule has 0 saturated heterocycles. The first-order valence-corrected chi connectivity index (χ1v) is 46.4. The summed E-state index contributed by atoms with van der Waals surface area (Å²) in [6, 6.07) is 91.1. The molecule has 1 aliphatic heterocycles. The fourth-order valence-electron chi connectivity index (χ4n) is 8.94. The van der Waals surface area contributed by atoms with Crippen molar-refractivity contribution in [2.24, 2.45) is 12.1 Å². The zero-order valence-corrected chi connectivity index (χ0v) is 90.5. The molecular weight excluding hydrogens is 1630 g/mol. The van der Waals surface area contributed by atoms with Crippen molar-refractivity contribution >= 4 is 83.5 Å². The third-order valence-corrected chi connectivity index (χ3v) is 13.9. The van der Waals surface area contributed by atoms with Crippen LogP contribution in [0.25, 0.3) is 43.1 Å². The minimum absolute atomic E-state index is 0. The quantitative estimate of drug-likeness (QED) is 0.133. The molecule has 2 aromatic heterocycles. The van der Waals surface area contributed by atoms with Gasteiger partial charge in [-0.25, -0.2) is 9.99 Å². The molecule has 0 fully saturated rings. The van der Waals surface area contributed by atoms with Crippen molar-refractivity contribution in [3.8, 4) is 0 Å². The van der Waals surface area contributed by atoms with Crippen LogP contribution in [0.15, 0.2) is 272 Å². The monoisotopic (exact) mass is 1850 g/mol. The van der Waals surface area contributed by atoms with E-state index < -0.39 is 0 Å². The van der Waals surface area contributed by atoms with E-state index in [2.05, 4.69) is 262 Å². The number of nitrogen functional groups attached to an aromatic ring is 1. The fraction of sp³-hybridized carbons (Fsp3) is 0.475. The van der Waals surface area contributed by atoms with E-state index in [1.807, 2.05) is 383 Å². The highest BCUT2D eigenvalue weighted by molar-refractivity contribution is 6.04. The largest absolute Gasteiger partial charge is 0.400 e. The van der Waals surface area contributed by atoms with Gasteiger partial charge in [-0.3, -0.25) is 9.48 Å². The molecule has 1 aliphatic rings. The summed E-state index contributed by atoms with van der Waals surface area (Å²) in [7, 11) is 32.6. The number of carbonyl (C=O) groups is 1. The van der Waals surface area contributed by atoms with E-state index in [1.165, 1.54) is 59.9 Å². The first-order valence-electron chi connectivity index (χ1n) is 46.4. The number of carbonyl (C=O) groups excluding carboxylic acids is 1. The molecule has 10 aromatic carbocycles. The zero-order chi connectivity index (χ0) is 101. The predicted octanol–water partition coefficient (Wildman–Crippen LogP) is 34.3. The molecule has 13 rings (SSSR count). The molecule has 0 spiro atoms. The maximum Gasteiger partial charge on any atom is 0.248 e. The summed E-state index contributed by atoms with van der Waals surface area (Å²) >= 11 is 0. The molecule has 133 heavy (non-hydrogen) atoms. The van der Waals surface area contributed by atoms with Gasteiger partial charge in [0.1, 0.15) is 17.5 Å². The molecule has 12 aromatic rings. The smallest absolute Gasteiger partial charge is 0.248 e. The lowest BCUT2D eigenvalue weighted by Gasteiger charge is -2.27. The van der Waals surface area contributed by atoms with Crippen molar-refractivity contribution in [1.29, 1.82) is 0 Å². The number of para-hydroxylation sites is 2. The van der Waals surface area contributed by atoms with Crippen LogP contribution in [0.2, 0.25) is 0 Å². The lowest BCUT2D eigenvalue weighted by Crippen LogP contribution is -2.38. The number of amides is 1. The summed E-state index contributed by atoms with van der Waals surface area (Å²) in [5.41, 5.74) is 12.1. The van der Waals surface area contributed by atoms with Gasteiger partial charge in [-0.2, -0.15) is 10.2 Å². The van der Waals surface area contributed by atoms with Crippen LogP contribution in [0, 0.1) is 20.8 Å². The summed E-state index contributed by atoms with van der Waals surface area (Å²) in [5, 5.41) is 33.0. The topological polar surface area (TPSA) is 150 Å². The third-order valence-electron chi connectivity index (χ3n) is 13.9. The summed E-state index contributed by atoms with van der Waals surface area (Å²) in [6.45, 7) is 62.0. The molecule has 0 atom stereocenters. The van der Waals surface area contributed by atoms with E-state index in [0.29, 0.717) is 12.2 Å². The minimum Gasteiger partial charge on any atom is -0.400 e. The van der Waals surface area contributed by atoms with Gasteiger partial charge in [0.05, 0.1) is 17.7 Å². The van der Waals surface area contributed by atoms with Gasteiger partial charge in [0.15, 0.2) is 0 Å². The highest BCUT2D eigenvalue weighted by Gasteiger charge is 2.30. The summed E-state index contributed by atoms with van der Waals surface area (Å²) < 4.78 is 1.65. The lowest BCUT2D eigenvalue weighted by atomic mass is 10.1. The van der Waals surface area contributed by atoms with Crippen LogP contribution >= 0.6 is 0 Å². The predicted molar refractivity (Wildman–Crippen MR) is 631 cm³/mol. The van der Waals surface area contributed by atoms with Crippen molar-refractivity contribution in [2.75, 3.05) is 139 Å². The Hall–Kier alpha value is -10.4. The van der Waals surface area contributed by atoms with Crippen LogP contribution in [0.4, 0.5) is 28.8 Å². The van der Waals surface area contributed by atoms with Gasteiger partial charge in [-0.1, -0.05) is 441 Å². The fourth-order valence-corrected chi connectivity index (χ4v) is 8.94. The first kappa shape index (κ1) is 166. The van der Waals surface area contributed by atoms with E-state index >= 15 is 0 Å². The maximum atomic E-state index is 11.2. The van der Waals surface area contributed by atoms with Crippen molar-refractivity contribution in [3.05, 3.63) is 284 Å². The average Bonchev–Trinajstić information content (AvgIpc) is 1.75. The standard InChI is InChI=1S/C11H19N3.4C10H8.C8H14N2O.C8H11N.C7H9N.C5H9N3.2C3H9N.C2H7N.12C2H6.CH4O.6CH4/c1-8-7-10(13(3)4)12-11(9(8)2)14(5)6;4*1-2-6-10-8-4-3-7-9(10)5-1;1-6-5-7(11)10(9-6)8(2,3)4;1-9(2)8-6-4-3-5-7-8;1-8-7-5-3-2-4-6-7;1-4-3-5(6)8(2)7-4;2*1-4(2)3;1-3-2;13*1-2;;;;;;/h7H,1-6H3;4*1-8H;5H2,1-4H3;3-7H,1-2H3;2-6,8H,1H3;3H,6H2,1-2H3;2*1-3H3;3H,1-2H3;12*1-2H3;2H,1H3;6*1H4. The van der Waals surface area contributed by atoms with E-state index in [4.69, 9.17) is 10.8 Å². The van der Waals surface area contributed by atoms with Crippen LogP contribution in [-0.4, -0.2) is 165 Å². The number of aliphatic hydroxyl groups is 1. The van der Waals surface area contributed by atoms with Gasteiger partial charge in [-0.15, -0.1) is 0 Å². The number of aliphatic hydroxyl groups excluding tert-OH is 1. The van der Waals surface area contributed by atoms with Gasteiger partial charge in [-0.05, 0) is 189 Å². The Labute approximate surface area is 829 Å². The molecule has 0 unspecified atom stereocenters. The number of aromatic nitrogens is 3. The molecule has 15 nitrogen and oxygen atoms in total. The molecule has 0 bridgehead atoms. The molecule has 0 aliphatic carbocycles. The number of fused-ring (bicyclic) bond motifs is 4. The SMILES string of the molecule is C.C.C.C.C.C.CC.CC.CC.CC.CC.CC.CC.CC.CC.CC.CC.CC.CC1=NN(C(C)(C)C)C(=O)C1.CN(C)C.CN(C)C.CN(C)c1ccccc1.CNC.CNc1ccccc1.CO.Cc1cc(N(C)C)nc(N(C)C)c1C.Cc1cc(N)n(C)n1.c1ccc2ccccc2c1.c1ccc2ccccc2c1.c1ccc2ccccc2c1.c1ccc2ccccc2c1. The molecule has 768 valence electrons. The number of nitrogens with zero attached hydrogens (tertiary/aromatic N) is 10. The van der Waals surface area contributed by atoms with Gasteiger partial charge < -0.3 is 46.0 Å². The van der Waals surface area contributed by atoms with E-state index in [1.54, 1.807) is 9.69 Å². The van der Waals surface area contributed by atoms with Crippen molar-refractivity contribution in [2.45, 2.75) is 271 Å². The molecular formula is C118H219N13O2. The number of benzene rings is 10. The second-order valence-electron chi connectivity index (χ2n) is 26.2. The Morgan fingerprint density at radius 3 is 0.699 bits per heavy atom. The lowest BCUT2D eigenvalue weighted by molar-refractivity contribution is -0.133. The zero-order valence-electron chi connectivity index (χ0n) is 90.5. The minimum atomic E-state index is -0.172. The van der Waals surface area contributed by atoms with Crippen LogP contribution in [-0.2, 0) is 11.8 Å². The van der Waals surface area contributed by atoms with Crippen LogP contribution < -0.4 is 31.1 Å². The number of rotatable bonds is 4. The second-order valence-corrected chi connectivity index (χ2v) is 26.2. The Kier molecular flexibility index (Phi) is 151. The van der Waals surface area contributed by atoms with E-state index in [0.717, 1.165) is 35.8 Å². The summed E-state index contributed by atoms with van der Waals surface area (Å²) in [4.78, 5) is 26.0. The number of hydrazone groups is 1. The normalized spacial score (nSPS) is 8.64. The van der Waals surface area contributed by atoms with Gasteiger partial charge in [0, 0.05) is 86.6 Å². The molecule has 15 heteroatoms. The number of anilines is 5. The van der Waals surface area contributed by atoms with E-state index in [9.17, 15) is 4.79 Å². The summed E-state index contributed by atoms with van der Waals surface area (Å²) in [6.07, 6.45) is 0.483. The number of pyridine rings is 1. The summed E-state index contributed by atoms with van der Waals surface area (Å²) in [5.74, 6) is 2.88. The Bertz CT molecular complexity index is 3630. The van der Waals surface area contributed by atoms with Crippen molar-refractivity contribution in [3.63, 3.8) is 0 Å². The van der Waals surface area contributed by atoms with Crippen LogP contribution in [0.5, 0.6) is 0 Å². The molecule has 5 N–H and O–H groups in total. The van der Waals surface area contributed by atoms with Crippen LogP contribution in [0.3, 0.4) is 0 Å². The number of nitrogens with one attached hydrogen (secondary N) is 2. The molecule has 3 heterocycles. The van der Waals surface area contributed by atoms with E-state index in [-0.39, 0.29) is 56.0 Å². The van der Waals surface area contributed by atoms with Crippen LogP contribution in [0.1, 0.15) is 262 Å². The maximum absolute atomic E-state index is 11.2.